The van der Waals surface area contributed by atoms with Crippen LogP contribution in [0.5, 0.6) is 0 Å². The molecule has 126 valence electrons. The maximum Gasteiger partial charge on any atom is 0.338 e. The van der Waals surface area contributed by atoms with E-state index in [9.17, 15) is 9.18 Å². The Labute approximate surface area is 139 Å². The number of anilines is 1. The van der Waals surface area contributed by atoms with Crippen LogP contribution in [0.3, 0.4) is 0 Å². The third-order valence-corrected chi connectivity index (χ3v) is 3.93. The van der Waals surface area contributed by atoms with Crippen molar-refractivity contribution in [3.63, 3.8) is 0 Å². The van der Waals surface area contributed by atoms with Gasteiger partial charge in [0.15, 0.2) is 0 Å². The molecule has 0 bridgehead atoms. The van der Waals surface area contributed by atoms with Crippen LogP contribution in [0.15, 0.2) is 41.9 Å². The van der Waals surface area contributed by atoms with Crippen LogP contribution in [0.2, 0.25) is 0 Å². The summed E-state index contributed by atoms with van der Waals surface area (Å²) in [7, 11) is 0. The molecule has 6 nitrogen and oxygen atoms in total. The number of ether oxygens (including phenoxy) is 1. The van der Waals surface area contributed by atoms with Crippen molar-refractivity contribution < 1.29 is 13.9 Å². The van der Waals surface area contributed by atoms with Crippen LogP contribution < -0.4 is 5.32 Å². The average Bonchev–Trinajstić information content (AvgIpc) is 3.02. The number of aromatic nitrogens is 3. The first-order valence-corrected chi connectivity index (χ1v) is 7.91. The summed E-state index contributed by atoms with van der Waals surface area (Å²) >= 11 is 0. The number of carbonyl (C=O) groups is 1. The number of benzene rings is 1. The highest BCUT2D eigenvalue weighted by molar-refractivity contribution is 5.92. The summed E-state index contributed by atoms with van der Waals surface area (Å²) in [4.78, 5) is 16.8. The van der Waals surface area contributed by atoms with Crippen LogP contribution in [0.25, 0.3) is 0 Å². The fourth-order valence-corrected chi connectivity index (χ4v) is 2.70. The highest BCUT2D eigenvalue weighted by atomic mass is 19.1. The second-order valence-electron chi connectivity index (χ2n) is 5.64. The minimum Gasteiger partial charge on any atom is -0.462 e. The van der Waals surface area contributed by atoms with Crippen LogP contribution in [-0.2, 0) is 9.53 Å². The predicted octanol–water partition coefficient (Wildman–Crippen LogP) is 3.05. The molecule has 1 aliphatic heterocycles. The number of fused-ring (bicyclic) bond motifs is 1. The second kappa shape index (κ2) is 6.82. The van der Waals surface area contributed by atoms with Gasteiger partial charge in [-0.2, -0.15) is 10.1 Å². The summed E-state index contributed by atoms with van der Waals surface area (Å²) in [5, 5.41) is 7.27. The average molecular weight is 330 g/mol. The maximum absolute atomic E-state index is 13.3. The van der Waals surface area contributed by atoms with E-state index < -0.39 is 12.0 Å². The van der Waals surface area contributed by atoms with Gasteiger partial charge in [0.1, 0.15) is 18.2 Å². The number of hydrogen-bond acceptors (Lipinski definition) is 5. The lowest BCUT2D eigenvalue weighted by Gasteiger charge is -2.28. The lowest BCUT2D eigenvalue weighted by Crippen LogP contribution is -2.29. The molecule has 0 aliphatic carbocycles. The maximum atomic E-state index is 13.3. The van der Waals surface area contributed by atoms with Crippen LogP contribution in [0.1, 0.15) is 38.3 Å². The van der Waals surface area contributed by atoms with E-state index in [1.165, 1.54) is 18.5 Å². The Morgan fingerprint density at radius 3 is 2.83 bits per heavy atom. The minimum absolute atomic E-state index is 0.334. The van der Waals surface area contributed by atoms with Crippen molar-refractivity contribution in [2.45, 2.75) is 32.7 Å². The minimum atomic E-state index is -0.501. The summed E-state index contributed by atoms with van der Waals surface area (Å²) < 4.78 is 20.3. The Morgan fingerprint density at radius 2 is 2.12 bits per heavy atom. The Kier molecular flexibility index (Phi) is 4.59. The van der Waals surface area contributed by atoms with Crippen molar-refractivity contribution in [3.05, 3.63) is 53.2 Å². The third kappa shape index (κ3) is 3.02. The molecule has 0 unspecified atom stereocenters. The molecule has 0 saturated heterocycles. The van der Waals surface area contributed by atoms with E-state index in [0.717, 1.165) is 18.4 Å². The summed E-state index contributed by atoms with van der Waals surface area (Å²) in [6.07, 6.45) is 3.16. The molecule has 0 saturated carbocycles. The first-order valence-electron chi connectivity index (χ1n) is 7.91. The molecule has 1 N–H and O–H groups in total. The zero-order chi connectivity index (χ0) is 17.1. The lowest BCUT2D eigenvalue weighted by atomic mass is 9.96. The molecular weight excluding hydrogens is 311 g/mol. The second-order valence-corrected chi connectivity index (χ2v) is 5.64. The lowest BCUT2D eigenvalue weighted by molar-refractivity contribution is -0.139. The first-order chi connectivity index (χ1) is 11.6. The standard InChI is InChI=1S/C17H19FN4O2/c1-3-4-9-24-16(23)14-11(2)21-17-19-10-20-22(17)15(14)12-5-7-13(18)8-6-12/h5-8,10,15H,3-4,9H2,1-2H3,(H,19,20,21)/t15-/m0/s1. The summed E-state index contributed by atoms with van der Waals surface area (Å²) in [6, 6.07) is 5.51. The Balaban J connectivity index is 2.00. The number of esters is 1. The molecule has 1 aliphatic rings. The van der Waals surface area contributed by atoms with Crippen molar-refractivity contribution in [3.8, 4) is 0 Å². The molecule has 0 fully saturated rings. The van der Waals surface area contributed by atoms with E-state index in [1.807, 2.05) is 6.92 Å². The van der Waals surface area contributed by atoms with E-state index in [0.29, 0.717) is 23.8 Å². The number of carbonyl (C=O) groups excluding carboxylic acids is 1. The topological polar surface area (TPSA) is 69.0 Å². The number of nitrogens with zero attached hydrogens (tertiary/aromatic N) is 3. The summed E-state index contributed by atoms with van der Waals surface area (Å²) in [5.41, 5.74) is 1.86. The number of allylic oxidation sites excluding steroid dienone is 1. The Hall–Kier alpha value is -2.70. The van der Waals surface area contributed by atoms with E-state index in [2.05, 4.69) is 15.4 Å². The Morgan fingerprint density at radius 1 is 1.38 bits per heavy atom. The number of halogens is 1. The number of unbranched alkanes of at least 4 members (excludes halogenated alkanes) is 1. The quantitative estimate of drug-likeness (QED) is 0.674. The first kappa shape index (κ1) is 16.2. The molecule has 1 aromatic carbocycles. The van der Waals surface area contributed by atoms with Gasteiger partial charge >= 0.3 is 5.97 Å². The van der Waals surface area contributed by atoms with E-state index >= 15 is 0 Å². The number of nitrogens with one attached hydrogen (secondary N) is 1. The third-order valence-electron chi connectivity index (χ3n) is 3.93. The van der Waals surface area contributed by atoms with Crippen LogP contribution >= 0.6 is 0 Å². The monoisotopic (exact) mass is 330 g/mol. The smallest absolute Gasteiger partial charge is 0.338 e. The molecule has 3 rings (SSSR count). The molecule has 2 aromatic rings. The van der Waals surface area contributed by atoms with Crippen LogP contribution in [-0.4, -0.2) is 27.3 Å². The van der Waals surface area contributed by atoms with Crippen LogP contribution in [0.4, 0.5) is 10.3 Å². The van der Waals surface area contributed by atoms with E-state index in [1.54, 1.807) is 23.7 Å². The predicted molar refractivity (Wildman–Crippen MR) is 86.8 cm³/mol. The summed E-state index contributed by atoms with van der Waals surface area (Å²) in [5.74, 6) is -0.199. The molecule has 0 spiro atoms. The van der Waals surface area contributed by atoms with Crippen molar-refractivity contribution in [2.24, 2.45) is 0 Å². The van der Waals surface area contributed by atoms with Gasteiger partial charge in [-0.1, -0.05) is 25.5 Å². The fourth-order valence-electron chi connectivity index (χ4n) is 2.70. The van der Waals surface area contributed by atoms with Gasteiger partial charge in [0, 0.05) is 5.70 Å². The summed E-state index contributed by atoms with van der Waals surface area (Å²) in [6.45, 7) is 4.20. The van der Waals surface area contributed by atoms with Gasteiger partial charge < -0.3 is 10.1 Å². The Bertz CT molecular complexity index is 767. The van der Waals surface area contributed by atoms with E-state index in [-0.39, 0.29) is 5.82 Å². The van der Waals surface area contributed by atoms with Gasteiger partial charge in [-0.3, -0.25) is 0 Å². The fraction of sp³-hybridized carbons (Fsp3) is 0.353. The number of rotatable bonds is 5. The van der Waals surface area contributed by atoms with Gasteiger partial charge in [-0.05, 0) is 31.0 Å². The van der Waals surface area contributed by atoms with Crippen molar-refractivity contribution in [2.75, 3.05) is 11.9 Å². The highest BCUT2D eigenvalue weighted by Crippen LogP contribution is 2.35. The molecule has 2 heterocycles. The van der Waals surface area contributed by atoms with Gasteiger partial charge in [-0.15, -0.1) is 0 Å². The molecular formula is C17H19FN4O2. The van der Waals surface area contributed by atoms with Crippen molar-refractivity contribution >= 4 is 11.9 Å². The SMILES string of the molecule is CCCCOC(=O)C1=C(C)Nc2ncnn2[C@H]1c1ccc(F)cc1. The van der Waals surface area contributed by atoms with Gasteiger partial charge in [0.25, 0.3) is 0 Å². The normalized spacial score (nSPS) is 16.5. The number of hydrogen-bond donors (Lipinski definition) is 1. The van der Waals surface area contributed by atoms with Crippen molar-refractivity contribution in [1.82, 2.24) is 14.8 Å². The zero-order valence-electron chi connectivity index (χ0n) is 13.6. The molecule has 1 aromatic heterocycles. The van der Waals surface area contributed by atoms with Crippen LogP contribution in [0, 0.1) is 5.82 Å². The molecule has 24 heavy (non-hydrogen) atoms. The largest absolute Gasteiger partial charge is 0.462 e. The van der Waals surface area contributed by atoms with E-state index in [4.69, 9.17) is 4.74 Å². The van der Waals surface area contributed by atoms with Gasteiger partial charge in [-0.25, -0.2) is 13.9 Å². The van der Waals surface area contributed by atoms with Gasteiger partial charge in [0.2, 0.25) is 5.95 Å². The highest BCUT2D eigenvalue weighted by Gasteiger charge is 2.34. The van der Waals surface area contributed by atoms with Crippen molar-refractivity contribution in [1.29, 1.82) is 0 Å². The van der Waals surface area contributed by atoms with Gasteiger partial charge in [0.05, 0.1) is 12.2 Å². The molecule has 7 heteroatoms. The molecule has 1 atom stereocenters. The zero-order valence-corrected chi connectivity index (χ0v) is 13.6. The molecule has 0 amide bonds. The molecule has 0 radical (unpaired) electrons.